The van der Waals surface area contributed by atoms with Gasteiger partial charge in [0.25, 0.3) is 5.91 Å². The van der Waals surface area contributed by atoms with Gasteiger partial charge < -0.3 is 10.3 Å². The number of pyridine rings is 1. The van der Waals surface area contributed by atoms with Crippen LogP contribution in [0.1, 0.15) is 16.7 Å². The van der Waals surface area contributed by atoms with E-state index in [1.807, 2.05) is 42.7 Å². The number of hydrogen-bond donors (Lipinski definition) is 4. The summed E-state index contributed by atoms with van der Waals surface area (Å²) in [6.45, 7) is 1.65. The van der Waals surface area contributed by atoms with Gasteiger partial charge >= 0.3 is 0 Å². The van der Waals surface area contributed by atoms with Crippen molar-refractivity contribution in [2.24, 2.45) is 0 Å². The summed E-state index contributed by atoms with van der Waals surface area (Å²) < 4.78 is 0. The van der Waals surface area contributed by atoms with Crippen LogP contribution in [0.5, 0.6) is 0 Å². The SMILES string of the molecule is O=C(/C=C/c1ccc(CNCCc2c[nH]c3ccncc23)cc1)NO. The Balaban J connectivity index is 1.47. The normalized spacial score (nSPS) is 11.2. The van der Waals surface area contributed by atoms with Gasteiger partial charge in [0.15, 0.2) is 0 Å². The molecular weight excluding hydrogens is 316 g/mol. The van der Waals surface area contributed by atoms with Crippen molar-refractivity contribution < 1.29 is 10.0 Å². The summed E-state index contributed by atoms with van der Waals surface area (Å²) in [5.41, 5.74) is 6.01. The number of carbonyl (C=O) groups is 1. The zero-order chi connectivity index (χ0) is 17.5. The third kappa shape index (κ3) is 4.53. The van der Waals surface area contributed by atoms with Gasteiger partial charge in [0.05, 0.1) is 0 Å². The van der Waals surface area contributed by atoms with Crippen LogP contribution in [0.15, 0.2) is 55.0 Å². The first-order valence-electron chi connectivity index (χ1n) is 8.08. The highest BCUT2D eigenvalue weighted by molar-refractivity contribution is 5.90. The topological polar surface area (TPSA) is 90.0 Å². The van der Waals surface area contributed by atoms with Crippen LogP contribution in [0, 0.1) is 0 Å². The first kappa shape index (κ1) is 16.9. The summed E-state index contributed by atoms with van der Waals surface area (Å²) in [4.78, 5) is 18.4. The third-order valence-electron chi connectivity index (χ3n) is 3.99. The Morgan fingerprint density at radius 2 is 2.08 bits per heavy atom. The zero-order valence-electron chi connectivity index (χ0n) is 13.7. The number of fused-ring (bicyclic) bond motifs is 1. The molecule has 1 amide bonds. The van der Waals surface area contributed by atoms with Crippen LogP contribution in [0.25, 0.3) is 17.0 Å². The molecular formula is C19H20N4O2. The van der Waals surface area contributed by atoms with Gasteiger partial charge in [-0.3, -0.25) is 15.0 Å². The number of nitrogens with one attached hydrogen (secondary N) is 3. The largest absolute Gasteiger partial charge is 0.361 e. The second kappa shape index (κ2) is 8.23. The van der Waals surface area contributed by atoms with Crippen molar-refractivity contribution in [3.8, 4) is 0 Å². The molecule has 0 aliphatic carbocycles. The van der Waals surface area contributed by atoms with Crippen LogP contribution in [0.3, 0.4) is 0 Å². The fourth-order valence-corrected chi connectivity index (χ4v) is 2.64. The van der Waals surface area contributed by atoms with E-state index in [0.717, 1.165) is 30.6 Å². The minimum Gasteiger partial charge on any atom is -0.361 e. The maximum absolute atomic E-state index is 10.9. The van der Waals surface area contributed by atoms with E-state index in [1.54, 1.807) is 17.8 Å². The molecule has 6 nitrogen and oxygen atoms in total. The molecule has 128 valence electrons. The highest BCUT2D eigenvalue weighted by Crippen LogP contribution is 2.16. The number of amides is 1. The molecule has 0 fully saturated rings. The molecule has 0 aliphatic heterocycles. The molecule has 2 heterocycles. The lowest BCUT2D eigenvalue weighted by molar-refractivity contribution is -0.124. The highest BCUT2D eigenvalue weighted by Gasteiger charge is 2.02. The van der Waals surface area contributed by atoms with E-state index in [2.05, 4.69) is 15.3 Å². The summed E-state index contributed by atoms with van der Waals surface area (Å²) in [6.07, 6.45) is 9.58. The van der Waals surface area contributed by atoms with E-state index < -0.39 is 5.91 Å². The van der Waals surface area contributed by atoms with Gasteiger partial charge in [-0.25, -0.2) is 5.48 Å². The monoisotopic (exact) mass is 336 g/mol. The predicted molar refractivity (Wildman–Crippen MR) is 96.9 cm³/mol. The van der Waals surface area contributed by atoms with Gasteiger partial charge in [0, 0.05) is 42.1 Å². The van der Waals surface area contributed by atoms with Crippen LogP contribution in [-0.4, -0.2) is 27.6 Å². The number of hydroxylamine groups is 1. The second-order valence-corrected chi connectivity index (χ2v) is 5.71. The number of H-pyrrole nitrogens is 1. The second-order valence-electron chi connectivity index (χ2n) is 5.71. The smallest absolute Gasteiger partial charge is 0.267 e. The van der Waals surface area contributed by atoms with Crippen molar-refractivity contribution in [1.82, 2.24) is 20.8 Å². The summed E-state index contributed by atoms with van der Waals surface area (Å²) in [5, 5.41) is 13.0. The van der Waals surface area contributed by atoms with Crippen molar-refractivity contribution in [2.45, 2.75) is 13.0 Å². The van der Waals surface area contributed by atoms with Crippen LogP contribution in [-0.2, 0) is 17.8 Å². The molecule has 2 aromatic heterocycles. The van der Waals surface area contributed by atoms with Crippen molar-refractivity contribution in [2.75, 3.05) is 6.54 Å². The molecule has 0 saturated heterocycles. The highest BCUT2D eigenvalue weighted by atomic mass is 16.5. The summed E-state index contributed by atoms with van der Waals surface area (Å²) in [5.74, 6) is -0.543. The summed E-state index contributed by atoms with van der Waals surface area (Å²) in [6, 6.07) is 9.87. The molecule has 0 bridgehead atoms. The minimum atomic E-state index is -0.543. The molecule has 0 aliphatic rings. The van der Waals surface area contributed by atoms with Gasteiger partial charge in [-0.1, -0.05) is 24.3 Å². The van der Waals surface area contributed by atoms with Gasteiger partial charge in [0.1, 0.15) is 0 Å². The fraction of sp³-hybridized carbons (Fsp3) is 0.158. The number of rotatable bonds is 7. The Morgan fingerprint density at radius 1 is 1.24 bits per heavy atom. The number of aromatic amines is 1. The van der Waals surface area contributed by atoms with Gasteiger partial charge in [-0.2, -0.15) is 0 Å². The average molecular weight is 336 g/mol. The molecule has 0 atom stereocenters. The van der Waals surface area contributed by atoms with Crippen LogP contribution in [0.2, 0.25) is 0 Å². The average Bonchev–Trinajstić information content (AvgIpc) is 3.07. The van der Waals surface area contributed by atoms with Gasteiger partial charge in [-0.05, 0) is 41.8 Å². The molecule has 1 aromatic carbocycles. The van der Waals surface area contributed by atoms with E-state index in [-0.39, 0.29) is 0 Å². The molecule has 0 spiro atoms. The first-order chi connectivity index (χ1) is 12.3. The predicted octanol–water partition coefficient (Wildman–Crippen LogP) is 2.41. The Kier molecular flexibility index (Phi) is 5.56. The quantitative estimate of drug-likeness (QED) is 0.231. The molecule has 0 saturated carbocycles. The standard InChI is InChI=1S/C19H20N4O2/c24-19(23-25)6-5-14-1-3-15(4-2-14)11-20-9-7-16-12-22-18-8-10-21-13-17(16)18/h1-6,8,10,12-13,20,22,25H,7,9,11H2,(H,23,24)/b6-5+. The van der Waals surface area contributed by atoms with Crippen molar-refractivity contribution in [3.05, 3.63) is 71.7 Å². The Morgan fingerprint density at radius 3 is 2.88 bits per heavy atom. The Hall–Kier alpha value is -2.96. The summed E-state index contributed by atoms with van der Waals surface area (Å²) in [7, 11) is 0. The molecule has 6 heteroatoms. The minimum absolute atomic E-state index is 0.543. The van der Waals surface area contributed by atoms with E-state index in [4.69, 9.17) is 5.21 Å². The lowest BCUT2D eigenvalue weighted by Crippen LogP contribution is -2.16. The fourth-order valence-electron chi connectivity index (χ4n) is 2.64. The van der Waals surface area contributed by atoms with Crippen molar-refractivity contribution in [3.63, 3.8) is 0 Å². The van der Waals surface area contributed by atoms with E-state index in [0.29, 0.717) is 0 Å². The third-order valence-corrected chi connectivity index (χ3v) is 3.99. The van der Waals surface area contributed by atoms with Crippen LogP contribution in [0.4, 0.5) is 0 Å². The molecule has 0 unspecified atom stereocenters. The van der Waals surface area contributed by atoms with E-state index >= 15 is 0 Å². The van der Waals surface area contributed by atoms with E-state index in [9.17, 15) is 4.79 Å². The number of benzene rings is 1. The number of nitrogens with zero attached hydrogens (tertiary/aromatic N) is 1. The lowest BCUT2D eigenvalue weighted by Gasteiger charge is -2.05. The van der Waals surface area contributed by atoms with Crippen molar-refractivity contribution in [1.29, 1.82) is 0 Å². The molecule has 4 N–H and O–H groups in total. The van der Waals surface area contributed by atoms with Crippen LogP contribution >= 0.6 is 0 Å². The van der Waals surface area contributed by atoms with Gasteiger partial charge in [0.2, 0.25) is 0 Å². The maximum atomic E-state index is 10.9. The Bertz CT molecular complexity index is 869. The zero-order valence-corrected chi connectivity index (χ0v) is 13.7. The number of hydrogen-bond acceptors (Lipinski definition) is 4. The molecule has 25 heavy (non-hydrogen) atoms. The molecule has 0 radical (unpaired) electrons. The molecule has 3 rings (SSSR count). The number of aromatic nitrogens is 2. The lowest BCUT2D eigenvalue weighted by atomic mass is 10.1. The number of carbonyl (C=O) groups excluding carboxylic acids is 1. The van der Waals surface area contributed by atoms with Crippen molar-refractivity contribution >= 4 is 22.9 Å². The summed E-state index contributed by atoms with van der Waals surface area (Å²) >= 11 is 0. The first-order valence-corrected chi connectivity index (χ1v) is 8.08. The van der Waals surface area contributed by atoms with E-state index in [1.165, 1.54) is 22.6 Å². The maximum Gasteiger partial charge on any atom is 0.267 e. The Labute approximate surface area is 145 Å². The van der Waals surface area contributed by atoms with Gasteiger partial charge in [-0.15, -0.1) is 0 Å². The molecule has 3 aromatic rings. The van der Waals surface area contributed by atoms with Crippen LogP contribution < -0.4 is 10.8 Å².